The van der Waals surface area contributed by atoms with Gasteiger partial charge in [0.15, 0.2) is 0 Å². The quantitative estimate of drug-likeness (QED) is 0.780. The lowest BCUT2D eigenvalue weighted by Crippen LogP contribution is -2.43. The van der Waals surface area contributed by atoms with Crippen LogP contribution in [0.4, 0.5) is 0 Å². The van der Waals surface area contributed by atoms with E-state index in [4.69, 9.17) is 17.0 Å². The van der Waals surface area contributed by atoms with Crippen molar-refractivity contribution in [3.63, 3.8) is 0 Å². The lowest BCUT2D eigenvalue weighted by molar-refractivity contribution is -0.110. The second kappa shape index (κ2) is 5.85. The number of aryl methyl sites for hydroxylation is 1. The molecule has 4 heteroatoms. The minimum atomic E-state index is 0.0106. The fourth-order valence-corrected chi connectivity index (χ4v) is 2.97. The first kappa shape index (κ1) is 13.5. The van der Waals surface area contributed by atoms with Gasteiger partial charge in [0.25, 0.3) is 0 Å². The molecule has 20 heavy (non-hydrogen) atoms. The normalized spacial score (nSPS) is 18.2. The van der Waals surface area contributed by atoms with Crippen molar-refractivity contribution in [2.45, 2.75) is 12.8 Å². The molecule has 1 fully saturated rings. The van der Waals surface area contributed by atoms with Gasteiger partial charge in [-0.25, -0.2) is 0 Å². The van der Waals surface area contributed by atoms with Gasteiger partial charge in [-0.3, -0.25) is 4.79 Å². The van der Waals surface area contributed by atoms with Crippen LogP contribution in [0.5, 0.6) is 0 Å². The van der Waals surface area contributed by atoms with E-state index in [9.17, 15) is 4.79 Å². The molecule has 1 aliphatic carbocycles. The van der Waals surface area contributed by atoms with E-state index >= 15 is 0 Å². The lowest BCUT2D eigenvalue weighted by atomic mass is 9.90. The topological polar surface area (TPSA) is 29.5 Å². The molecule has 0 N–H and O–H groups in total. The molecule has 3 rings (SSSR count). The molecule has 0 spiro atoms. The van der Waals surface area contributed by atoms with Crippen molar-refractivity contribution < 1.29 is 9.53 Å². The van der Waals surface area contributed by atoms with E-state index < -0.39 is 0 Å². The van der Waals surface area contributed by atoms with Gasteiger partial charge in [-0.1, -0.05) is 36.5 Å². The number of thiocarbonyl (C=S) groups is 1. The monoisotopic (exact) mass is 287 g/mol. The summed E-state index contributed by atoms with van der Waals surface area (Å²) >= 11 is 5.36. The Morgan fingerprint density at radius 2 is 1.90 bits per heavy atom. The third kappa shape index (κ3) is 2.67. The number of hydrogen-bond donors (Lipinski definition) is 0. The van der Waals surface area contributed by atoms with Crippen LogP contribution in [0.1, 0.15) is 17.5 Å². The van der Waals surface area contributed by atoms with E-state index in [1.54, 1.807) is 0 Å². The van der Waals surface area contributed by atoms with E-state index in [2.05, 4.69) is 12.1 Å². The van der Waals surface area contributed by atoms with E-state index in [1.165, 1.54) is 5.56 Å². The molecule has 2 aliphatic rings. The van der Waals surface area contributed by atoms with Gasteiger partial charge in [-0.2, -0.15) is 0 Å². The van der Waals surface area contributed by atoms with Gasteiger partial charge < -0.3 is 9.64 Å². The Morgan fingerprint density at radius 1 is 1.15 bits per heavy atom. The number of benzene rings is 1. The van der Waals surface area contributed by atoms with Crippen molar-refractivity contribution in [3.05, 3.63) is 41.0 Å². The number of fused-ring (bicyclic) bond motifs is 1. The van der Waals surface area contributed by atoms with Gasteiger partial charge in [0.05, 0.1) is 13.2 Å². The van der Waals surface area contributed by atoms with E-state index in [1.807, 2.05) is 23.1 Å². The third-order valence-electron chi connectivity index (χ3n) is 3.83. The number of nitrogens with zero attached hydrogens (tertiary/aromatic N) is 1. The second-order valence-electron chi connectivity index (χ2n) is 5.10. The first-order chi connectivity index (χ1) is 9.75. The largest absolute Gasteiger partial charge is 0.378 e. The molecule has 0 radical (unpaired) electrons. The summed E-state index contributed by atoms with van der Waals surface area (Å²) in [5.41, 5.74) is 3.29. The number of ether oxygens (including phenoxy) is 1. The number of morpholine rings is 1. The molecule has 1 aliphatic heterocycles. The van der Waals surface area contributed by atoms with Gasteiger partial charge in [0, 0.05) is 18.7 Å². The van der Waals surface area contributed by atoms with E-state index in [0.29, 0.717) is 31.3 Å². The SMILES string of the molecule is O=C(C(=S)N1CCOCC1)C1=Cc2ccccc2CC1. The van der Waals surface area contributed by atoms with Crippen LogP contribution in [0.15, 0.2) is 29.8 Å². The second-order valence-corrected chi connectivity index (χ2v) is 5.49. The molecule has 3 nitrogen and oxygen atoms in total. The molecule has 1 saturated heterocycles. The smallest absolute Gasteiger partial charge is 0.216 e. The number of rotatable bonds is 2. The van der Waals surface area contributed by atoms with Crippen molar-refractivity contribution >= 4 is 29.1 Å². The number of ketones is 1. The van der Waals surface area contributed by atoms with E-state index in [0.717, 1.165) is 24.0 Å². The Kier molecular flexibility index (Phi) is 3.94. The Hall–Kier alpha value is -1.52. The number of carbonyl (C=O) groups excluding carboxylic acids is 1. The van der Waals surface area contributed by atoms with Crippen LogP contribution in [-0.4, -0.2) is 42.0 Å². The molecular weight excluding hydrogens is 270 g/mol. The van der Waals surface area contributed by atoms with Crippen LogP contribution >= 0.6 is 12.2 Å². The highest BCUT2D eigenvalue weighted by atomic mass is 32.1. The molecule has 1 heterocycles. The summed E-state index contributed by atoms with van der Waals surface area (Å²) in [7, 11) is 0. The summed E-state index contributed by atoms with van der Waals surface area (Å²) < 4.78 is 5.29. The van der Waals surface area contributed by atoms with Crippen molar-refractivity contribution in [3.8, 4) is 0 Å². The standard InChI is InChI=1S/C16H17NO2S/c18-15(16(20)17-7-9-19-10-8-17)14-6-5-12-3-1-2-4-13(12)11-14/h1-4,11H,5-10H2. The van der Waals surface area contributed by atoms with Crippen molar-refractivity contribution in [2.75, 3.05) is 26.3 Å². The molecule has 0 saturated carbocycles. The highest BCUT2D eigenvalue weighted by molar-refractivity contribution is 7.82. The highest BCUT2D eigenvalue weighted by Gasteiger charge is 2.24. The lowest BCUT2D eigenvalue weighted by Gasteiger charge is -2.29. The predicted octanol–water partition coefficient (Wildman–Crippen LogP) is 2.24. The number of hydrogen-bond acceptors (Lipinski definition) is 3. The molecule has 0 amide bonds. The van der Waals surface area contributed by atoms with Gasteiger partial charge in [-0.15, -0.1) is 0 Å². The summed E-state index contributed by atoms with van der Waals surface area (Å²) in [4.78, 5) is 14.9. The summed E-state index contributed by atoms with van der Waals surface area (Å²) in [6.45, 7) is 2.73. The van der Waals surface area contributed by atoms with Crippen LogP contribution in [0.25, 0.3) is 6.08 Å². The molecule has 0 aromatic heterocycles. The number of Topliss-reactive ketones (excluding diaryl/α,β-unsaturated/α-hetero) is 1. The fraction of sp³-hybridized carbons (Fsp3) is 0.375. The van der Waals surface area contributed by atoms with Crippen molar-refractivity contribution in [1.29, 1.82) is 0 Å². The van der Waals surface area contributed by atoms with Gasteiger partial charge in [-0.05, 0) is 30.0 Å². The summed E-state index contributed by atoms with van der Waals surface area (Å²) in [5.74, 6) is 0.0106. The number of carbonyl (C=O) groups is 1. The average molecular weight is 287 g/mol. The Morgan fingerprint density at radius 3 is 2.70 bits per heavy atom. The Labute approximate surface area is 124 Å². The molecule has 0 bridgehead atoms. The van der Waals surface area contributed by atoms with Crippen LogP contribution in [-0.2, 0) is 16.0 Å². The van der Waals surface area contributed by atoms with Gasteiger partial charge in [0.1, 0.15) is 4.99 Å². The zero-order valence-corrected chi connectivity index (χ0v) is 12.1. The summed E-state index contributed by atoms with van der Waals surface area (Å²) in [6, 6.07) is 8.22. The van der Waals surface area contributed by atoms with Crippen LogP contribution in [0.3, 0.4) is 0 Å². The Bertz CT molecular complexity index is 574. The summed E-state index contributed by atoms with van der Waals surface area (Å²) in [5, 5.41) is 0. The molecule has 0 unspecified atom stereocenters. The zero-order valence-electron chi connectivity index (χ0n) is 11.3. The molecule has 104 valence electrons. The Balaban J connectivity index is 1.78. The maximum atomic E-state index is 12.5. The summed E-state index contributed by atoms with van der Waals surface area (Å²) in [6.07, 6.45) is 3.69. The van der Waals surface area contributed by atoms with Crippen LogP contribution in [0.2, 0.25) is 0 Å². The van der Waals surface area contributed by atoms with Crippen LogP contribution in [0, 0.1) is 0 Å². The fourth-order valence-electron chi connectivity index (χ4n) is 2.66. The first-order valence-electron chi connectivity index (χ1n) is 6.95. The van der Waals surface area contributed by atoms with Crippen molar-refractivity contribution in [1.82, 2.24) is 4.90 Å². The minimum Gasteiger partial charge on any atom is -0.378 e. The molecule has 1 aromatic rings. The highest BCUT2D eigenvalue weighted by Crippen LogP contribution is 2.24. The predicted molar refractivity (Wildman–Crippen MR) is 82.7 cm³/mol. The van der Waals surface area contributed by atoms with Gasteiger partial charge >= 0.3 is 0 Å². The van der Waals surface area contributed by atoms with Crippen molar-refractivity contribution in [2.24, 2.45) is 0 Å². The zero-order chi connectivity index (χ0) is 13.9. The van der Waals surface area contributed by atoms with E-state index in [-0.39, 0.29) is 5.78 Å². The van der Waals surface area contributed by atoms with Gasteiger partial charge in [0.2, 0.25) is 5.78 Å². The molecule has 0 atom stereocenters. The maximum Gasteiger partial charge on any atom is 0.216 e. The minimum absolute atomic E-state index is 0.0106. The third-order valence-corrected chi connectivity index (χ3v) is 4.28. The first-order valence-corrected chi connectivity index (χ1v) is 7.36. The maximum absolute atomic E-state index is 12.5. The molecule has 1 aromatic carbocycles. The molecular formula is C16H17NO2S. The average Bonchev–Trinajstić information content (AvgIpc) is 2.54. The van der Waals surface area contributed by atoms with Crippen LogP contribution < -0.4 is 0 Å².